The maximum Gasteiger partial charge on any atom is 0.336 e. The van der Waals surface area contributed by atoms with Gasteiger partial charge in [0.05, 0.1) is 13.2 Å². The Kier molecular flexibility index (Phi) is 3.21. The van der Waals surface area contributed by atoms with Crippen LogP contribution >= 0.6 is 0 Å². The summed E-state index contributed by atoms with van der Waals surface area (Å²) in [6.07, 6.45) is 4.85. The number of carbonyl (C=O) groups excluding carboxylic acids is 1. The molecule has 122 valence electrons. The molecular weight excluding hydrogens is 306 g/mol. The third-order valence-corrected chi connectivity index (χ3v) is 4.69. The van der Waals surface area contributed by atoms with Crippen molar-refractivity contribution in [2.45, 2.75) is 18.3 Å². The highest BCUT2D eigenvalue weighted by Crippen LogP contribution is 2.61. The number of pyridine rings is 1. The molecule has 1 aromatic heterocycles. The molecule has 5 nitrogen and oxygen atoms in total. The number of nitrogens with zero attached hydrogens (tertiary/aromatic N) is 1. The summed E-state index contributed by atoms with van der Waals surface area (Å²) in [6.45, 7) is 1.77. The topological polar surface area (TPSA) is 57.7 Å². The van der Waals surface area contributed by atoms with Crippen LogP contribution in [0.15, 0.2) is 66.7 Å². The molecule has 2 aromatic rings. The number of esters is 1. The van der Waals surface area contributed by atoms with Gasteiger partial charge in [0.1, 0.15) is 17.3 Å². The maximum absolute atomic E-state index is 11.8. The number of benzene rings is 1. The Labute approximate surface area is 139 Å². The Morgan fingerprint density at radius 2 is 1.75 bits per heavy atom. The van der Waals surface area contributed by atoms with Crippen LogP contribution in [0.25, 0.3) is 0 Å². The fourth-order valence-corrected chi connectivity index (χ4v) is 3.80. The molecular formula is C19H17NO4. The predicted octanol–water partition coefficient (Wildman–Crippen LogP) is 2.77. The Bertz CT molecular complexity index is 763. The molecule has 4 rings (SSSR count). The van der Waals surface area contributed by atoms with Crippen molar-refractivity contribution >= 4 is 5.97 Å². The van der Waals surface area contributed by atoms with Crippen LogP contribution in [0, 0.1) is 5.92 Å². The molecule has 1 fully saturated rings. The number of ether oxygens (including phenoxy) is 3. The van der Waals surface area contributed by atoms with Gasteiger partial charge in [0.2, 0.25) is 5.79 Å². The van der Waals surface area contributed by atoms with E-state index in [1.165, 1.54) is 6.08 Å². The van der Waals surface area contributed by atoms with Crippen molar-refractivity contribution < 1.29 is 19.0 Å². The van der Waals surface area contributed by atoms with Crippen LogP contribution in [0.2, 0.25) is 0 Å². The van der Waals surface area contributed by atoms with Crippen LogP contribution < -0.4 is 0 Å². The molecule has 0 saturated carbocycles. The molecule has 0 N–H and O–H groups in total. The molecule has 24 heavy (non-hydrogen) atoms. The highest BCUT2D eigenvalue weighted by molar-refractivity contribution is 5.84. The van der Waals surface area contributed by atoms with Crippen molar-refractivity contribution in [3.8, 4) is 0 Å². The molecule has 3 heterocycles. The van der Waals surface area contributed by atoms with E-state index in [0.29, 0.717) is 5.76 Å². The fourth-order valence-electron chi connectivity index (χ4n) is 3.80. The normalized spacial score (nSPS) is 31.3. The number of carbonyl (C=O) groups is 1. The first-order valence-corrected chi connectivity index (χ1v) is 7.75. The van der Waals surface area contributed by atoms with E-state index in [4.69, 9.17) is 14.2 Å². The van der Waals surface area contributed by atoms with Gasteiger partial charge < -0.3 is 14.2 Å². The lowest BCUT2D eigenvalue weighted by atomic mass is 9.65. The second-order valence-corrected chi connectivity index (χ2v) is 6.06. The fraction of sp³-hybridized carbons (Fsp3) is 0.263. The summed E-state index contributed by atoms with van der Waals surface area (Å²) in [7, 11) is 1.56. The third-order valence-electron chi connectivity index (χ3n) is 4.69. The predicted molar refractivity (Wildman–Crippen MR) is 85.6 cm³/mol. The molecule has 0 radical (unpaired) electrons. The van der Waals surface area contributed by atoms with Gasteiger partial charge in [-0.1, -0.05) is 30.3 Å². The Hall–Kier alpha value is -2.66. The summed E-state index contributed by atoms with van der Waals surface area (Å²) >= 11 is 0. The number of aromatic nitrogens is 1. The quantitative estimate of drug-likeness (QED) is 0.813. The molecule has 0 bridgehead atoms. The number of fused-ring (bicyclic) bond motifs is 1. The van der Waals surface area contributed by atoms with E-state index in [2.05, 4.69) is 4.98 Å². The highest BCUT2D eigenvalue weighted by atomic mass is 16.8. The van der Waals surface area contributed by atoms with Crippen LogP contribution in [0.4, 0.5) is 0 Å². The molecule has 0 aliphatic carbocycles. The van der Waals surface area contributed by atoms with Gasteiger partial charge >= 0.3 is 5.97 Å². The largest absolute Gasteiger partial charge is 0.500 e. The monoisotopic (exact) mass is 323 g/mol. The van der Waals surface area contributed by atoms with Gasteiger partial charge in [0.15, 0.2) is 0 Å². The van der Waals surface area contributed by atoms with E-state index in [0.717, 1.165) is 11.1 Å². The SMILES string of the molecule is COC1=CC(=O)O[C@]2(C)OC(c3ccccc3)(c3ccncc3)[C@H]12. The van der Waals surface area contributed by atoms with E-state index in [1.54, 1.807) is 26.4 Å². The van der Waals surface area contributed by atoms with Crippen LogP contribution in [-0.4, -0.2) is 23.9 Å². The Morgan fingerprint density at radius 3 is 2.42 bits per heavy atom. The minimum absolute atomic E-state index is 0.280. The Morgan fingerprint density at radius 1 is 1.08 bits per heavy atom. The first-order valence-electron chi connectivity index (χ1n) is 7.75. The number of hydrogen-bond donors (Lipinski definition) is 0. The Balaban J connectivity index is 1.94. The molecule has 1 saturated heterocycles. The molecule has 2 aliphatic rings. The standard InChI is InChI=1S/C19H17NO4/c1-18-17(15(22-2)12-16(21)23-18)19(24-18,13-6-4-3-5-7-13)14-8-10-20-11-9-14/h3-12,17H,1-2H3/t17-,18-,19?/m1/s1. The molecule has 1 aromatic carbocycles. The first-order chi connectivity index (χ1) is 11.6. The molecule has 5 heteroatoms. The van der Waals surface area contributed by atoms with Gasteiger partial charge in [-0.3, -0.25) is 4.98 Å². The zero-order valence-corrected chi connectivity index (χ0v) is 13.4. The van der Waals surface area contributed by atoms with Gasteiger partial charge in [-0.05, 0) is 23.3 Å². The van der Waals surface area contributed by atoms with E-state index in [1.807, 2.05) is 42.5 Å². The van der Waals surface area contributed by atoms with Crippen LogP contribution in [-0.2, 0) is 24.6 Å². The van der Waals surface area contributed by atoms with E-state index < -0.39 is 17.4 Å². The van der Waals surface area contributed by atoms with E-state index >= 15 is 0 Å². The zero-order valence-electron chi connectivity index (χ0n) is 13.4. The lowest BCUT2D eigenvalue weighted by Gasteiger charge is -2.61. The lowest BCUT2D eigenvalue weighted by molar-refractivity contribution is -0.395. The minimum atomic E-state index is -1.06. The summed E-state index contributed by atoms with van der Waals surface area (Å²) < 4.78 is 17.3. The van der Waals surface area contributed by atoms with Gasteiger partial charge in [-0.2, -0.15) is 0 Å². The van der Waals surface area contributed by atoms with Crippen molar-refractivity contribution in [1.29, 1.82) is 0 Å². The zero-order chi connectivity index (χ0) is 16.8. The molecule has 1 unspecified atom stereocenters. The summed E-state index contributed by atoms with van der Waals surface area (Å²) in [4.78, 5) is 15.9. The van der Waals surface area contributed by atoms with Crippen LogP contribution in [0.3, 0.4) is 0 Å². The van der Waals surface area contributed by atoms with Gasteiger partial charge in [0.25, 0.3) is 0 Å². The van der Waals surface area contributed by atoms with Crippen LogP contribution in [0.1, 0.15) is 18.1 Å². The number of methoxy groups -OCH3 is 1. The van der Waals surface area contributed by atoms with Gasteiger partial charge in [-0.25, -0.2) is 4.79 Å². The van der Waals surface area contributed by atoms with Crippen LogP contribution in [0.5, 0.6) is 0 Å². The average molecular weight is 323 g/mol. The van der Waals surface area contributed by atoms with Crippen molar-refractivity contribution in [3.63, 3.8) is 0 Å². The highest BCUT2D eigenvalue weighted by Gasteiger charge is 2.70. The van der Waals surface area contributed by atoms with E-state index in [-0.39, 0.29) is 5.92 Å². The summed E-state index contributed by atoms with van der Waals surface area (Å²) in [5.74, 6) is -1.24. The number of rotatable bonds is 3. The number of hydrogen-bond acceptors (Lipinski definition) is 5. The van der Waals surface area contributed by atoms with Crippen molar-refractivity contribution in [2.24, 2.45) is 5.92 Å². The maximum atomic E-state index is 11.8. The third kappa shape index (κ3) is 1.91. The van der Waals surface area contributed by atoms with Crippen molar-refractivity contribution in [2.75, 3.05) is 7.11 Å². The smallest absolute Gasteiger partial charge is 0.336 e. The first kappa shape index (κ1) is 14.9. The molecule has 3 atom stereocenters. The summed E-state index contributed by atoms with van der Waals surface area (Å²) in [5.41, 5.74) is 1.12. The average Bonchev–Trinajstić information content (AvgIpc) is 2.59. The lowest BCUT2D eigenvalue weighted by Crippen LogP contribution is -2.69. The van der Waals surface area contributed by atoms with Crippen molar-refractivity contribution in [3.05, 3.63) is 77.8 Å². The van der Waals surface area contributed by atoms with Gasteiger partial charge in [0, 0.05) is 19.3 Å². The van der Waals surface area contributed by atoms with Crippen molar-refractivity contribution in [1.82, 2.24) is 4.98 Å². The minimum Gasteiger partial charge on any atom is -0.500 e. The summed E-state index contributed by atoms with van der Waals surface area (Å²) in [5, 5.41) is 0. The molecule has 2 aliphatic heterocycles. The summed E-state index contributed by atoms with van der Waals surface area (Å²) in [6, 6.07) is 13.7. The second-order valence-electron chi connectivity index (χ2n) is 6.06. The molecule has 0 amide bonds. The second kappa shape index (κ2) is 5.18. The van der Waals surface area contributed by atoms with E-state index in [9.17, 15) is 4.79 Å². The van der Waals surface area contributed by atoms with Gasteiger partial charge in [-0.15, -0.1) is 0 Å². The molecule has 0 spiro atoms.